The second-order valence-corrected chi connectivity index (χ2v) is 6.85. The third kappa shape index (κ3) is 4.68. The highest BCUT2D eigenvalue weighted by atomic mass is 35.5. The zero-order chi connectivity index (χ0) is 20.3. The van der Waals surface area contributed by atoms with Gasteiger partial charge < -0.3 is 15.4 Å². The molecule has 2 heterocycles. The number of anilines is 1. The third-order valence-corrected chi connectivity index (χ3v) is 4.62. The van der Waals surface area contributed by atoms with Crippen LogP contribution in [0.3, 0.4) is 0 Å². The summed E-state index contributed by atoms with van der Waals surface area (Å²) in [6.45, 7) is 2.29. The first-order valence-corrected chi connectivity index (χ1v) is 9.04. The van der Waals surface area contributed by atoms with Crippen LogP contribution < -0.4 is 5.32 Å². The van der Waals surface area contributed by atoms with Gasteiger partial charge in [-0.3, -0.25) is 9.48 Å². The topological polar surface area (TPSA) is 108 Å². The van der Waals surface area contributed by atoms with Crippen molar-refractivity contribution in [2.24, 2.45) is 0 Å². The molecule has 0 fully saturated rings. The van der Waals surface area contributed by atoms with E-state index in [2.05, 4.69) is 15.5 Å². The number of carbonyl (C=O) groups is 1. The number of hydrogen-bond acceptors (Lipinski definition) is 5. The Morgan fingerprint density at radius 2 is 2.00 bits per heavy atom. The summed E-state index contributed by atoms with van der Waals surface area (Å²) in [5.41, 5.74) is 1.47. The molecule has 1 aromatic carbocycles. The van der Waals surface area contributed by atoms with E-state index >= 15 is 0 Å². The van der Waals surface area contributed by atoms with E-state index in [1.165, 1.54) is 10.7 Å². The zero-order valence-corrected chi connectivity index (χ0v) is 16.3. The summed E-state index contributed by atoms with van der Waals surface area (Å²) in [5, 5.41) is 22.4. The zero-order valence-electron chi connectivity index (χ0n) is 14.8. The van der Waals surface area contributed by atoms with E-state index < -0.39 is 4.92 Å². The minimum atomic E-state index is -0.574. The van der Waals surface area contributed by atoms with Crippen LogP contribution >= 0.6 is 23.2 Å². The van der Waals surface area contributed by atoms with E-state index in [4.69, 9.17) is 23.2 Å². The Morgan fingerprint density at radius 3 is 2.68 bits per heavy atom. The largest absolute Gasteiger partial charge is 0.390 e. The highest BCUT2D eigenvalue weighted by molar-refractivity contribution is 6.33. The van der Waals surface area contributed by atoms with E-state index in [0.717, 1.165) is 5.56 Å². The minimum Gasteiger partial charge on any atom is -0.358 e. The first-order chi connectivity index (χ1) is 13.3. The SMILES string of the molecule is Cc1cc([N+](=O)[O-])nn1CCC(=O)Nc1nn(Cc2ccccc2Cl)cc1Cl. The molecule has 3 rings (SSSR count). The predicted molar refractivity (Wildman–Crippen MR) is 105 cm³/mol. The summed E-state index contributed by atoms with van der Waals surface area (Å²) in [5.74, 6) is -0.344. The van der Waals surface area contributed by atoms with Crippen molar-refractivity contribution >= 4 is 40.7 Å². The Balaban J connectivity index is 1.61. The molecule has 0 radical (unpaired) electrons. The summed E-state index contributed by atoms with van der Waals surface area (Å²) in [4.78, 5) is 22.4. The number of benzene rings is 1. The van der Waals surface area contributed by atoms with Crippen LogP contribution in [0.2, 0.25) is 10.0 Å². The number of halogens is 2. The van der Waals surface area contributed by atoms with Gasteiger partial charge in [0.25, 0.3) is 0 Å². The average Bonchev–Trinajstić information content (AvgIpc) is 3.18. The van der Waals surface area contributed by atoms with Crippen LogP contribution in [0.4, 0.5) is 11.6 Å². The fourth-order valence-electron chi connectivity index (χ4n) is 2.57. The molecule has 0 bridgehead atoms. The number of nitro groups is 1. The van der Waals surface area contributed by atoms with E-state index in [0.29, 0.717) is 22.3 Å². The van der Waals surface area contributed by atoms with Gasteiger partial charge in [-0.1, -0.05) is 41.4 Å². The molecule has 9 nitrogen and oxygen atoms in total. The maximum absolute atomic E-state index is 12.2. The van der Waals surface area contributed by atoms with Gasteiger partial charge >= 0.3 is 5.82 Å². The lowest BCUT2D eigenvalue weighted by atomic mass is 10.2. The van der Waals surface area contributed by atoms with Crippen molar-refractivity contribution in [3.63, 3.8) is 0 Å². The maximum Gasteiger partial charge on any atom is 0.390 e. The van der Waals surface area contributed by atoms with Crippen molar-refractivity contribution in [1.82, 2.24) is 19.6 Å². The molecule has 0 saturated heterocycles. The first kappa shape index (κ1) is 19.8. The Kier molecular flexibility index (Phi) is 5.96. The van der Waals surface area contributed by atoms with Crippen molar-refractivity contribution in [2.45, 2.75) is 26.4 Å². The fraction of sp³-hybridized carbons (Fsp3) is 0.235. The van der Waals surface area contributed by atoms with Crippen molar-refractivity contribution in [1.29, 1.82) is 0 Å². The van der Waals surface area contributed by atoms with Gasteiger partial charge in [0.05, 0.1) is 29.9 Å². The van der Waals surface area contributed by atoms with Crippen LogP contribution in [0.15, 0.2) is 36.5 Å². The second-order valence-electron chi connectivity index (χ2n) is 6.04. The van der Waals surface area contributed by atoms with E-state index in [1.807, 2.05) is 18.2 Å². The number of rotatable bonds is 7. The monoisotopic (exact) mass is 422 g/mol. The van der Waals surface area contributed by atoms with Gasteiger partial charge in [0, 0.05) is 17.6 Å². The van der Waals surface area contributed by atoms with Gasteiger partial charge in [-0.05, 0) is 23.5 Å². The lowest BCUT2D eigenvalue weighted by Gasteiger charge is -2.04. The molecule has 0 aliphatic rings. The standard InChI is InChI=1S/C17H16Cl2N6O3/c1-11-8-15(25(27)28)21-24(11)7-6-16(26)20-17-14(19)10-23(22-17)9-12-4-2-3-5-13(12)18/h2-5,8,10H,6-7,9H2,1H3,(H,20,22,26). The smallest absolute Gasteiger partial charge is 0.358 e. The summed E-state index contributed by atoms with van der Waals surface area (Å²) < 4.78 is 3.00. The molecule has 3 aromatic rings. The number of carbonyl (C=O) groups excluding carboxylic acids is 1. The molecule has 1 amide bonds. The quantitative estimate of drug-likeness (QED) is 0.461. The maximum atomic E-state index is 12.2. The van der Waals surface area contributed by atoms with Gasteiger partial charge in [0.1, 0.15) is 5.02 Å². The Morgan fingerprint density at radius 1 is 1.25 bits per heavy atom. The van der Waals surface area contributed by atoms with Crippen molar-refractivity contribution < 1.29 is 9.72 Å². The Hall–Kier alpha value is -2.91. The second kappa shape index (κ2) is 8.41. The molecule has 0 saturated carbocycles. The lowest BCUT2D eigenvalue weighted by Crippen LogP contribution is -2.16. The predicted octanol–water partition coefficient (Wildman–Crippen LogP) is 3.68. The molecular formula is C17H16Cl2N6O3. The molecule has 0 unspecified atom stereocenters. The summed E-state index contributed by atoms with van der Waals surface area (Å²) >= 11 is 12.3. The van der Waals surface area contributed by atoms with Gasteiger partial charge in [-0.25, -0.2) is 0 Å². The summed E-state index contributed by atoms with van der Waals surface area (Å²) in [6.07, 6.45) is 1.66. The van der Waals surface area contributed by atoms with Crippen LogP contribution in [0.25, 0.3) is 0 Å². The van der Waals surface area contributed by atoms with Gasteiger partial charge in [0.2, 0.25) is 5.91 Å². The molecule has 11 heteroatoms. The molecule has 146 valence electrons. The van der Waals surface area contributed by atoms with E-state index in [1.54, 1.807) is 23.9 Å². The molecular weight excluding hydrogens is 407 g/mol. The lowest BCUT2D eigenvalue weighted by molar-refractivity contribution is -0.389. The molecule has 2 aromatic heterocycles. The van der Waals surface area contributed by atoms with Crippen LogP contribution in [0.5, 0.6) is 0 Å². The number of aromatic nitrogens is 4. The number of aryl methyl sites for hydroxylation is 2. The van der Waals surface area contributed by atoms with E-state index in [-0.39, 0.29) is 30.5 Å². The van der Waals surface area contributed by atoms with Crippen molar-refractivity contribution in [2.75, 3.05) is 5.32 Å². The minimum absolute atomic E-state index is 0.0629. The van der Waals surface area contributed by atoms with Crippen LogP contribution in [0, 0.1) is 17.0 Å². The van der Waals surface area contributed by atoms with Crippen molar-refractivity contribution in [3.05, 3.63) is 67.9 Å². The summed E-state index contributed by atoms with van der Waals surface area (Å²) in [7, 11) is 0. The normalized spacial score (nSPS) is 10.8. The fourth-order valence-corrected chi connectivity index (χ4v) is 2.97. The molecule has 1 N–H and O–H groups in total. The number of nitrogens with zero attached hydrogens (tertiary/aromatic N) is 5. The average molecular weight is 423 g/mol. The Bertz CT molecular complexity index is 1030. The van der Waals surface area contributed by atoms with E-state index in [9.17, 15) is 14.9 Å². The highest BCUT2D eigenvalue weighted by Gasteiger charge is 2.17. The Labute approximate surface area is 170 Å². The molecule has 0 aliphatic heterocycles. The van der Waals surface area contributed by atoms with Crippen molar-refractivity contribution in [3.8, 4) is 0 Å². The first-order valence-electron chi connectivity index (χ1n) is 8.28. The van der Waals surface area contributed by atoms with Gasteiger partial charge in [-0.15, -0.1) is 0 Å². The number of amides is 1. The molecule has 0 atom stereocenters. The van der Waals surface area contributed by atoms with Gasteiger partial charge in [-0.2, -0.15) is 9.78 Å². The molecule has 0 spiro atoms. The number of nitrogens with one attached hydrogen (secondary N) is 1. The van der Waals surface area contributed by atoms with Gasteiger partial charge in [0.15, 0.2) is 5.82 Å². The highest BCUT2D eigenvalue weighted by Crippen LogP contribution is 2.22. The third-order valence-electron chi connectivity index (χ3n) is 3.97. The number of hydrogen-bond donors (Lipinski definition) is 1. The van der Waals surface area contributed by atoms with Crippen LogP contribution in [0.1, 0.15) is 17.7 Å². The summed E-state index contributed by atoms with van der Waals surface area (Å²) in [6, 6.07) is 8.72. The van der Waals surface area contributed by atoms with Crippen LogP contribution in [-0.2, 0) is 17.9 Å². The molecule has 28 heavy (non-hydrogen) atoms. The molecule has 0 aliphatic carbocycles. The van der Waals surface area contributed by atoms with Crippen LogP contribution in [-0.4, -0.2) is 30.4 Å².